The highest BCUT2D eigenvalue weighted by Crippen LogP contribution is 2.30. The standard InChI is InChI=1S/C16H13F3N2O/c1-2-10-4-3-5-11(7-6-10)14-20-12-8-9-13(16(17,18)19)21-15(12)22-14/h3-10H,2H2,1H3. The van der Waals surface area contributed by atoms with Crippen LogP contribution in [0.5, 0.6) is 0 Å². The normalized spacial score (nSPS) is 18.5. The molecular formula is C16H13F3N2O. The summed E-state index contributed by atoms with van der Waals surface area (Å²) in [6.45, 7) is 2.08. The van der Waals surface area contributed by atoms with Gasteiger partial charge < -0.3 is 4.42 Å². The first kappa shape index (κ1) is 14.6. The molecule has 2 aromatic rings. The third-order valence-electron chi connectivity index (χ3n) is 3.42. The smallest absolute Gasteiger partial charge is 0.418 e. The molecule has 2 heterocycles. The quantitative estimate of drug-likeness (QED) is 0.801. The lowest BCUT2D eigenvalue weighted by molar-refractivity contribution is -0.141. The molecule has 6 heteroatoms. The molecule has 0 amide bonds. The molecule has 1 unspecified atom stereocenters. The number of alkyl halides is 3. The van der Waals surface area contributed by atoms with E-state index in [1.54, 1.807) is 0 Å². The molecular weight excluding hydrogens is 293 g/mol. The third kappa shape index (κ3) is 2.81. The minimum Gasteiger partial charge on any atom is -0.418 e. The van der Waals surface area contributed by atoms with Gasteiger partial charge >= 0.3 is 6.18 Å². The average Bonchev–Trinajstić information content (AvgIpc) is 2.75. The van der Waals surface area contributed by atoms with Crippen LogP contribution in [0.2, 0.25) is 0 Å². The molecule has 0 fully saturated rings. The molecule has 0 saturated carbocycles. The number of pyridine rings is 1. The van der Waals surface area contributed by atoms with Gasteiger partial charge in [-0.2, -0.15) is 13.2 Å². The van der Waals surface area contributed by atoms with Crippen LogP contribution in [-0.2, 0) is 6.18 Å². The molecule has 0 spiro atoms. The number of aromatic nitrogens is 2. The number of halogens is 3. The van der Waals surface area contributed by atoms with Crippen molar-refractivity contribution in [1.29, 1.82) is 0 Å². The Balaban J connectivity index is 1.99. The first-order valence-electron chi connectivity index (χ1n) is 6.89. The maximum atomic E-state index is 12.7. The van der Waals surface area contributed by atoms with E-state index in [0.29, 0.717) is 17.0 Å². The number of fused-ring (bicyclic) bond motifs is 1. The van der Waals surface area contributed by atoms with Gasteiger partial charge in [-0.25, -0.2) is 9.97 Å². The molecule has 114 valence electrons. The van der Waals surface area contributed by atoms with Gasteiger partial charge in [0.2, 0.25) is 11.6 Å². The maximum absolute atomic E-state index is 12.7. The second kappa shape index (κ2) is 5.44. The highest BCUT2D eigenvalue weighted by atomic mass is 19.4. The van der Waals surface area contributed by atoms with Crippen molar-refractivity contribution in [1.82, 2.24) is 9.97 Å². The van der Waals surface area contributed by atoms with Crippen LogP contribution in [-0.4, -0.2) is 9.97 Å². The number of rotatable bonds is 2. The van der Waals surface area contributed by atoms with Crippen molar-refractivity contribution in [3.8, 4) is 0 Å². The van der Waals surface area contributed by atoms with Crippen LogP contribution in [0, 0.1) is 5.92 Å². The van der Waals surface area contributed by atoms with Gasteiger partial charge in [-0.05, 0) is 30.5 Å². The van der Waals surface area contributed by atoms with E-state index in [1.807, 2.05) is 30.4 Å². The monoisotopic (exact) mass is 306 g/mol. The third-order valence-corrected chi connectivity index (χ3v) is 3.42. The molecule has 0 aromatic carbocycles. The van der Waals surface area contributed by atoms with Gasteiger partial charge in [0.25, 0.3) is 0 Å². The lowest BCUT2D eigenvalue weighted by Gasteiger charge is -2.03. The Morgan fingerprint density at radius 3 is 2.73 bits per heavy atom. The summed E-state index contributed by atoms with van der Waals surface area (Å²) in [4.78, 5) is 7.70. The number of nitrogens with zero attached hydrogens (tertiary/aromatic N) is 2. The first-order valence-corrected chi connectivity index (χ1v) is 6.89. The zero-order valence-corrected chi connectivity index (χ0v) is 11.8. The van der Waals surface area contributed by atoms with Gasteiger partial charge in [0.1, 0.15) is 11.2 Å². The summed E-state index contributed by atoms with van der Waals surface area (Å²) >= 11 is 0. The van der Waals surface area contributed by atoms with Crippen molar-refractivity contribution in [2.45, 2.75) is 19.5 Å². The molecule has 1 aliphatic carbocycles. The second-order valence-corrected chi connectivity index (χ2v) is 4.98. The second-order valence-electron chi connectivity index (χ2n) is 4.98. The van der Waals surface area contributed by atoms with Crippen molar-refractivity contribution in [2.75, 3.05) is 0 Å². The van der Waals surface area contributed by atoms with Crippen LogP contribution in [0.3, 0.4) is 0 Å². The summed E-state index contributed by atoms with van der Waals surface area (Å²) < 4.78 is 43.4. The summed E-state index contributed by atoms with van der Waals surface area (Å²) in [5, 5.41) is 0. The topological polar surface area (TPSA) is 38.9 Å². The van der Waals surface area contributed by atoms with Crippen molar-refractivity contribution >= 4 is 16.8 Å². The summed E-state index contributed by atoms with van der Waals surface area (Å²) in [7, 11) is 0. The highest BCUT2D eigenvalue weighted by molar-refractivity contribution is 5.77. The summed E-state index contributed by atoms with van der Waals surface area (Å²) in [5.74, 6) is 0.590. The fourth-order valence-corrected chi connectivity index (χ4v) is 2.16. The van der Waals surface area contributed by atoms with Gasteiger partial charge in [0, 0.05) is 5.57 Å². The van der Waals surface area contributed by atoms with Crippen LogP contribution in [0.4, 0.5) is 13.2 Å². The van der Waals surface area contributed by atoms with E-state index in [0.717, 1.165) is 12.5 Å². The van der Waals surface area contributed by atoms with Crippen molar-refractivity contribution in [3.05, 3.63) is 54.1 Å². The molecule has 1 aliphatic rings. The minimum atomic E-state index is -4.50. The van der Waals surface area contributed by atoms with Crippen molar-refractivity contribution in [3.63, 3.8) is 0 Å². The van der Waals surface area contributed by atoms with Gasteiger partial charge in [0.15, 0.2) is 0 Å². The highest BCUT2D eigenvalue weighted by Gasteiger charge is 2.33. The van der Waals surface area contributed by atoms with E-state index in [1.165, 1.54) is 6.07 Å². The van der Waals surface area contributed by atoms with Crippen LogP contribution in [0.25, 0.3) is 16.8 Å². The summed E-state index contributed by atoms with van der Waals surface area (Å²) in [6, 6.07) is 2.17. The molecule has 22 heavy (non-hydrogen) atoms. The summed E-state index contributed by atoms with van der Waals surface area (Å²) in [6.07, 6.45) is 6.11. The predicted octanol–water partition coefficient (Wildman–Crippen LogP) is 4.78. The van der Waals surface area contributed by atoms with E-state index in [-0.39, 0.29) is 11.6 Å². The van der Waals surface area contributed by atoms with Crippen LogP contribution in [0.1, 0.15) is 24.9 Å². The lowest BCUT2D eigenvalue weighted by atomic mass is 10.1. The Kier molecular flexibility index (Phi) is 3.60. The Labute approximate surface area is 124 Å². The Morgan fingerprint density at radius 2 is 2.00 bits per heavy atom. The Morgan fingerprint density at radius 1 is 1.18 bits per heavy atom. The Bertz CT molecular complexity index is 784. The van der Waals surface area contributed by atoms with E-state index < -0.39 is 11.9 Å². The largest absolute Gasteiger partial charge is 0.433 e. The van der Waals surface area contributed by atoms with Gasteiger partial charge in [-0.3, -0.25) is 0 Å². The zero-order chi connectivity index (χ0) is 15.7. The molecule has 0 saturated heterocycles. The van der Waals surface area contributed by atoms with Crippen LogP contribution >= 0.6 is 0 Å². The van der Waals surface area contributed by atoms with Crippen LogP contribution < -0.4 is 0 Å². The number of allylic oxidation sites excluding steroid dienone is 6. The average molecular weight is 306 g/mol. The zero-order valence-electron chi connectivity index (χ0n) is 11.8. The molecule has 3 nitrogen and oxygen atoms in total. The molecule has 3 rings (SSSR count). The van der Waals surface area contributed by atoms with Crippen LogP contribution in [0.15, 0.2) is 46.9 Å². The van der Waals surface area contributed by atoms with Gasteiger partial charge in [-0.1, -0.05) is 31.2 Å². The molecule has 2 aromatic heterocycles. The van der Waals surface area contributed by atoms with E-state index in [2.05, 4.69) is 16.9 Å². The van der Waals surface area contributed by atoms with Crippen molar-refractivity contribution in [2.24, 2.45) is 5.92 Å². The van der Waals surface area contributed by atoms with Gasteiger partial charge in [-0.15, -0.1) is 0 Å². The minimum absolute atomic E-state index is 0.112. The maximum Gasteiger partial charge on any atom is 0.433 e. The molecule has 1 atom stereocenters. The van der Waals surface area contributed by atoms with Crippen molar-refractivity contribution < 1.29 is 17.6 Å². The number of hydrogen-bond donors (Lipinski definition) is 0. The molecule has 0 bridgehead atoms. The Hall–Kier alpha value is -2.37. The predicted molar refractivity (Wildman–Crippen MR) is 76.8 cm³/mol. The number of oxazole rings is 1. The lowest BCUT2D eigenvalue weighted by Crippen LogP contribution is -2.07. The SMILES string of the molecule is CCC1C=CC=C(c2nc3ccc(C(F)(F)F)nc3o2)C=C1. The molecule has 0 N–H and O–H groups in total. The summed E-state index contributed by atoms with van der Waals surface area (Å²) in [5.41, 5.74) is -0.0882. The fourth-order valence-electron chi connectivity index (χ4n) is 2.16. The van der Waals surface area contributed by atoms with E-state index >= 15 is 0 Å². The van der Waals surface area contributed by atoms with E-state index in [4.69, 9.17) is 4.42 Å². The fraction of sp³-hybridized carbons (Fsp3) is 0.250. The molecule has 0 aliphatic heterocycles. The van der Waals surface area contributed by atoms with E-state index in [9.17, 15) is 13.2 Å². The van der Waals surface area contributed by atoms with Gasteiger partial charge in [0.05, 0.1) is 0 Å². The molecule has 0 radical (unpaired) electrons. The number of hydrogen-bond acceptors (Lipinski definition) is 3. The first-order chi connectivity index (χ1) is 10.5.